The van der Waals surface area contributed by atoms with Gasteiger partial charge in [-0.1, -0.05) is 5.16 Å². The van der Waals surface area contributed by atoms with Gasteiger partial charge in [0.25, 0.3) is 0 Å². The number of nitrogens with one attached hydrogen (secondary N) is 2. The van der Waals surface area contributed by atoms with E-state index >= 15 is 0 Å². The standard InChI is InChI=1S/C8H11F3N4O2/c9-8(10,11)4-13-6(16)3-12-2-1-7-14-5-15-17-7/h5,12H,1-4H2,(H,13,16). The van der Waals surface area contributed by atoms with Gasteiger partial charge in [-0.25, -0.2) is 0 Å². The highest BCUT2D eigenvalue weighted by Gasteiger charge is 2.27. The minimum absolute atomic E-state index is 0.190. The van der Waals surface area contributed by atoms with E-state index in [2.05, 4.69) is 20.0 Å². The summed E-state index contributed by atoms with van der Waals surface area (Å²) in [5, 5.41) is 7.77. The second-order valence-corrected chi connectivity index (χ2v) is 3.15. The van der Waals surface area contributed by atoms with Crippen LogP contribution in [-0.4, -0.2) is 41.9 Å². The number of aromatic nitrogens is 2. The molecular formula is C8H11F3N4O2. The number of hydrogen-bond donors (Lipinski definition) is 2. The van der Waals surface area contributed by atoms with Crippen LogP contribution in [0.1, 0.15) is 5.89 Å². The molecule has 0 atom stereocenters. The Morgan fingerprint density at radius 2 is 2.24 bits per heavy atom. The minimum atomic E-state index is -4.39. The molecule has 0 fully saturated rings. The molecule has 1 aromatic rings. The first-order valence-electron chi connectivity index (χ1n) is 4.77. The topological polar surface area (TPSA) is 80.1 Å². The molecule has 0 saturated heterocycles. The molecular weight excluding hydrogens is 241 g/mol. The van der Waals surface area contributed by atoms with E-state index in [1.807, 2.05) is 0 Å². The van der Waals surface area contributed by atoms with Crippen molar-refractivity contribution < 1.29 is 22.5 Å². The number of nitrogens with zero attached hydrogens (tertiary/aromatic N) is 2. The van der Waals surface area contributed by atoms with Gasteiger partial charge in [-0.3, -0.25) is 4.79 Å². The maximum absolute atomic E-state index is 11.7. The molecule has 9 heteroatoms. The lowest BCUT2D eigenvalue weighted by Gasteiger charge is -2.08. The summed E-state index contributed by atoms with van der Waals surface area (Å²) < 4.78 is 39.9. The zero-order valence-electron chi connectivity index (χ0n) is 8.75. The fraction of sp³-hybridized carbons (Fsp3) is 0.625. The van der Waals surface area contributed by atoms with Crippen molar-refractivity contribution in [1.82, 2.24) is 20.8 Å². The molecule has 6 nitrogen and oxygen atoms in total. The van der Waals surface area contributed by atoms with E-state index in [-0.39, 0.29) is 6.54 Å². The number of carbonyl (C=O) groups excluding carboxylic acids is 1. The molecule has 1 heterocycles. The molecule has 0 aliphatic rings. The monoisotopic (exact) mass is 252 g/mol. The second-order valence-electron chi connectivity index (χ2n) is 3.15. The maximum atomic E-state index is 11.7. The van der Waals surface area contributed by atoms with E-state index in [1.165, 1.54) is 6.33 Å². The highest BCUT2D eigenvalue weighted by Crippen LogP contribution is 2.11. The Morgan fingerprint density at radius 3 is 2.82 bits per heavy atom. The first kappa shape index (κ1) is 13.4. The summed E-state index contributed by atoms with van der Waals surface area (Å²) >= 11 is 0. The first-order chi connectivity index (χ1) is 7.97. The summed E-state index contributed by atoms with van der Waals surface area (Å²) in [4.78, 5) is 14.7. The van der Waals surface area contributed by atoms with Crippen LogP contribution in [0.3, 0.4) is 0 Å². The smallest absolute Gasteiger partial charge is 0.346 e. The Kier molecular flexibility index (Phi) is 4.88. The highest BCUT2D eigenvalue weighted by atomic mass is 19.4. The molecule has 0 aliphatic carbocycles. The zero-order chi connectivity index (χ0) is 12.7. The Morgan fingerprint density at radius 1 is 1.47 bits per heavy atom. The third-order valence-electron chi connectivity index (χ3n) is 1.69. The number of amides is 1. The highest BCUT2D eigenvalue weighted by molar-refractivity contribution is 5.77. The van der Waals surface area contributed by atoms with Crippen LogP contribution in [0, 0.1) is 0 Å². The quantitative estimate of drug-likeness (QED) is 0.690. The summed E-state index contributed by atoms with van der Waals surface area (Å²) in [5.74, 6) is -0.318. The van der Waals surface area contributed by atoms with E-state index in [4.69, 9.17) is 0 Å². The SMILES string of the molecule is O=C(CNCCc1ncno1)NCC(F)(F)F. The molecule has 0 saturated carbocycles. The van der Waals surface area contributed by atoms with Crippen molar-refractivity contribution in [1.29, 1.82) is 0 Å². The van der Waals surface area contributed by atoms with Crippen molar-refractivity contribution in [3.63, 3.8) is 0 Å². The van der Waals surface area contributed by atoms with Gasteiger partial charge in [0.15, 0.2) is 6.33 Å². The van der Waals surface area contributed by atoms with Crippen molar-refractivity contribution in [3.8, 4) is 0 Å². The van der Waals surface area contributed by atoms with Crippen molar-refractivity contribution in [2.24, 2.45) is 0 Å². The van der Waals surface area contributed by atoms with Crippen LogP contribution in [0.25, 0.3) is 0 Å². The number of hydrogen-bond acceptors (Lipinski definition) is 5. The van der Waals surface area contributed by atoms with Crippen LogP contribution >= 0.6 is 0 Å². The molecule has 0 aromatic carbocycles. The van der Waals surface area contributed by atoms with Gasteiger partial charge in [-0.15, -0.1) is 0 Å². The number of halogens is 3. The molecule has 0 radical (unpaired) electrons. The van der Waals surface area contributed by atoms with E-state index < -0.39 is 18.6 Å². The molecule has 0 spiro atoms. The lowest BCUT2D eigenvalue weighted by Crippen LogP contribution is -2.39. The van der Waals surface area contributed by atoms with E-state index in [1.54, 1.807) is 5.32 Å². The van der Waals surface area contributed by atoms with Crippen LogP contribution in [0.5, 0.6) is 0 Å². The molecule has 0 unspecified atom stereocenters. The molecule has 17 heavy (non-hydrogen) atoms. The van der Waals surface area contributed by atoms with E-state index in [9.17, 15) is 18.0 Å². The van der Waals surface area contributed by atoms with Crippen LogP contribution in [-0.2, 0) is 11.2 Å². The third kappa shape index (κ3) is 6.51. The first-order valence-corrected chi connectivity index (χ1v) is 4.77. The van der Waals surface area contributed by atoms with Gasteiger partial charge in [0.2, 0.25) is 11.8 Å². The number of rotatable bonds is 6. The zero-order valence-corrected chi connectivity index (χ0v) is 8.75. The van der Waals surface area contributed by atoms with Crippen LogP contribution in [0.2, 0.25) is 0 Å². The van der Waals surface area contributed by atoms with Gasteiger partial charge >= 0.3 is 6.18 Å². The van der Waals surface area contributed by atoms with Crippen LogP contribution in [0.15, 0.2) is 10.9 Å². The summed E-state index contributed by atoms with van der Waals surface area (Å²) in [6.45, 7) is -1.15. The van der Waals surface area contributed by atoms with Gasteiger partial charge in [0, 0.05) is 13.0 Å². The van der Waals surface area contributed by atoms with Gasteiger partial charge in [-0.05, 0) is 0 Å². The molecule has 1 aromatic heterocycles. The molecule has 1 rings (SSSR count). The lowest BCUT2D eigenvalue weighted by atomic mass is 10.4. The molecule has 2 N–H and O–H groups in total. The van der Waals surface area contributed by atoms with Crippen LogP contribution in [0.4, 0.5) is 13.2 Å². The normalized spacial score (nSPS) is 11.5. The molecule has 0 bridgehead atoms. The Balaban J connectivity index is 2.04. The summed E-state index contributed by atoms with van der Waals surface area (Å²) in [5.41, 5.74) is 0. The average Bonchev–Trinajstić information content (AvgIpc) is 2.73. The third-order valence-corrected chi connectivity index (χ3v) is 1.69. The minimum Gasteiger partial charge on any atom is -0.346 e. The molecule has 1 amide bonds. The van der Waals surface area contributed by atoms with E-state index in [0.717, 1.165) is 0 Å². The largest absolute Gasteiger partial charge is 0.405 e. The maximum Gasteiger partial charge on any atom is 0.405 e. The number of carbonyl (C=O) groups is 1. The fourth-order valence-corrected chi connectivity index (χ4v) is 0.965. The second kappa shape index (κ2) is 6.18. The summed E-state index contributed by atoms with van der Waals surface area (Å²) in [6.07, 6.45) is -2.74. The van der Waals surface area contributed by atoms with Gasteiger partial charge < -0.3 is 15.2 Å². The Hall–Kier alpha value is -1.64. The average molecular weight is 252 g/mol. The fourth-order valence-electron chi connectivity index (χ4n) is 0.965. The molecule has 96 valence electrons. The Labute approximate surface area is 94.6 Å². The van der Waals surface area contributed by atoms with Crippen molar-refractivity contribution in [2.45, 2.75) is 12.6 Å². The predicted molar refractivity (Wildman–Crippen MR) is 49.9 cm³/mol. The van der Waals surface area contributed by atoms with Gasteiger partial charge in [0.1, 0.15) is 6.54 Å². The number of alkyl halides is 3. The Bertz CT molecular complexity index is 339. The van der Waals surface area contributed by atoms with Gasteiger partial charge in [0.05, 0.1) is 6.54 Å². The molecule has 0 aliphatic heterocycles. The van der Waals surface area contributed by atoms with E-state index in [0.29, 0.717) is 18.9 Å². The van der Waals surface area contributed by atoms with Crippen molar-refractivity contribution >= 4 is 5.91 Å². The summed E-state index contributed by atoms with van der Waals surface area (Å²) in [6, 6.07) is 0. The lowest BCUT2D eigenvalue weighted by molar-refractivity contribution is -0.137. The van der Waals surface area contributed by atoms with Gasteiger partial charge in [-0.2, -0.15) is 18.2 Å². The van der Waals surface area contributed by atoms with Crippen molar-refractivity contribution in [2.75, 3.05) is 19.6 Å². The predicted octanol–water partition coefficient (Wildman–Crippen LogP) is -0.120. The van der Waals surface area contributed by atoms with Crippen molar-refractivity contribution in [3.05, 3.63) is 12.2 Å². The summed E-state index contributed by atoms with van der Waals surface area (Å²) in [7, 11) is 0. The van der Waals surface area contributed by atoms with Crippen LogP contribution < -0.4 is 10.6 Å².